The standard InChI is InChI=1S/C33H57FN2O7/c1-2-3-4-5-6-7-8-9-10-11-12-13-14-15-16-17-18-19-20-21-22-23-28(38)43-30-27(25-37)42-32(29(30)39)36-24-26(34)31(40)35-33(36)41/h24,27,29-30,32,37,39H,2-23,25H2,1H3,(H,35,40,41)/t27-,29-,30-,32-/m1/s1. The Kier molecular flexibility index (Phi) is 19.4. The molecule has 0 spiro atoms. The molecule has 1 aliphatic heterocycles. The highest BCUT2D eigenvalue weighted by Crippen LogP contribution is 2.31. The van der Waals surface area contributed by atoms with Crippen molar-refractivity contribution in [3.8, 4) is 0 Å². The molecule has 1 aromatic heterocycles. The summed E-state index contributed by atoms with van der Waals surface area (Å²) in [5.74, 6) is -1.77. The van der Waals surface area contributed by atoms with Crippen molar-refractivity contribution in [2.24, 2.45) is 0 Å². The lowest BCUT2D eigenvalue weighted by molar-refractivity contribution is -0.156. The molecule has 2 rings (SSSR count). The van der Waals surface area contributed by atoms with Crippen LogP contribution >= 0.6 is 0 Å². The van der Waals surface area contributed by atoms with E-state index in [4.69, 9.17) is 9.47 Å². The number of nitrogens with one attached hydrogen (secondary N) is 1. The third kappa shape index (κ3) is 14.5. The number of carbonyl (C=O) groups is 1. The lowest BCUT2D eigenvalue weighted by atomic mass is 10.0. The van der Waals surface area contributed by atoms with Crippen molar-refractivity contribution in [3.05, 3.63) is 32.9 Å². The van der Waals surface area contributed by atoms with Gasteiger partial charge in [-0.05, 0) is 6.42 Å². The summed E-state index contributed by atoms with van der Waals surface area (Å²) < 4.78 is 25.2. The summed E-state index contributed by atoms with van der Waals surface area (Å²) in [6.45, 7) is 1.69. The summed E-state index contributed by atoms with van der Waals surface area (Å²) in [7, 11) is 0. The minimum absolute atomic E-state index is 0.165. The average Bonchev–Trinajstić information content (AvgIpc) is 3.30. The Morgan fingerprint density at radius 3 is 1.72 bits per heavy atom. The van der Waals surface area contributed by atoms with Crippen LogP contribution in [0.3, 0.4) is 0 Å². The Hall–Kier alpha value is -2.04. The third-order valence-electron chi connectivity index (χ3n) is 8.44. The van der Waals surface area contributed by atoms with E-state index in [0.29, 0.717) is 17.2 Å². The average molecular weight is 613 g/mol. The molecule has 3 N–H and O–H groups in total. The topological polar surface area (TPSA) is 131 Å². The number of ether oxygens (including phenoxy) is 2. The first-order valence-electron chi connectivity index (χ1n) is 17.0. The van der Waals surface area contributed by atoms with Crippen molar-refractivity contribution in [3.63, 3.8) is 0 Å². The fraction of sp³-hybridized carbons (Fsp3) is 0.848. The molecule has 1 saturated heterocycles. The molecular weight excluding hydrogens is 555 g/mol. The van der Waals surface area contributed by atoms with Gasteiger partial charge < -0.3 is 19.7 Å². The summed E-state index contributed by atoms with van der Waals surface area (Å²) in [6, 6.07) is 0. The molecule has 1 aliphatic rings. The summed E-state index contributed by atoms with van der Waals surface area (Å²) in [5, 5.41) is 20.2. The van der Waals surface area contributed by atoms with E-state index in [9.17, 15) is 29.0 Å². The predicted molar refractivity (Wildman–Crippen MR) is 165 cm³/mol. The first-order valence-corrected chi connectivity index (χ1v) is 17.0. The number of carbonyl (C=O) groups excluding carboxylic acids is 1. The fourth-order valence-electron chi connectivity index (χ4n) is 5.80. The molecular formula is C33H57FN2O7. The Morgan fingerprint density at radius 1 is 0.837 bits per heavy atom. The summed E-state index contributed by atoms with van der Waals surface area (Å²) in [5.41, 5.74) is -2.18. The second-order valence-electron chi connectivity index (χ2n) is 12.2. The number of hydrogen-bond acceptors (Lipinski definition) is 7. The van der Waals surface area contributed by atoms with E-state index in [1.54, 1.807) is 4.98 Å². The van der Waals surface area contributed by atoms with Gasteiger partial charge in [0.05, 0.1) is 12.8 Å². The van der Waals surface area contributed by atoms with Gasteiger partial charge in [0.1, 0.15) is 12.2 Å². The molecule has 0 aromatic carbocycles. The number of aliphatic hydroxyl groups excluding tert-OH is 2. The van der Waals surface area contributed by atoms with Crippen LogP contribution in [0.25, 0.3) is 0 Å². The highest BCUT2D eigenvalue weighted by Gasteiger charge is 2.47. The van der Waals surface area contributed by atoms with Crippen LogP contribution in [-0.2, 0) is 14.3 Å². The van der Waals surface area contributed by atoms with Gasteiger partial charge in [-0.1, -0.05) is 135 Å². The number of aromatic nitrogens is 2. The molecule has 0 radical (unpaired) electrons. The molecule has 10 heteroatoms. The third-order valence-corrected chi connectivity index (χ3v) is 8.44. The number of hydrogen-bond donors (Lipinski definition) is 3. The first-order chi connectivity index (χ1) is 20.9. The number of esters is 1. The van der Waals surface area contributed by atoms with Crippen molar-refractivity contribution in [1.82, 2.24) is 9.55 Å². The number of rotatable bonds is 25. The number of aromatic amines is 1. The maximum atomic E-state index is 13.7. The molecule has 248 valence electrons. The van der Waals surface area contributed by atoms with E-state index in [1.807, 2.05) is 0 Å². The zero-order valence-electron chi connectivity index (χ0n) is 26.4. The van der Waals surface area contributed by atoms with E-state index in [0.717, 1.165) is 19.3 Å². The molecule has 1 aromatic rings. The molecule has 4 atom stereocenters. The van der Waals surface area contributed by atoms with Crippen molar-refractivity contribution in [2.45, 2.75) is 173 Å². The van der Waals surface area contributed by atoms with Gasteiger partial charge in [-0.3, -0.25) is 19.1 Å². The summed E-state index contributed by atoms with van der Waals surface area (Å²) in [6.07, 6.45) is 22.4. The van der Waals surface area contributed by atoms with Gasteiger partial charge in [0, 0.05) is 6.42 Å². The predicted octanol–water partition coefficient (Wildman–Crippen LogP) is 6.44. The van der Waals surface area contributed by atoms with Crippen molar-refractivity contribution >= 4 is 5.97 Å². The van der Waals surface area contributed by atoms with Gasteiger partial charge in [0.15, 0.2) is 12.3 Å². The van der Waals surface area contributed by atoms with Crippen LogP contribution in [0.5, 0.6) is 0 Å². The van der Waals surface area contributed by atoms with E-state index in [1.165, 1.54) is 109 Å². The van der Waals surface area contributed by atoms with E-state index < -0.39 is 54.2 Å². The lowest BCUT2D eigenvalue weighted by Crippen LogP contribution is -2.40. The monoisotopic (exact) mass is 612 g/mol. The maximum Gasteiger partial charge on any atom is 0.330 e. The van der Waals surface area contributed by atoms with E-state index >= 15 is 0 Å². The van der Waals surface area contributed by atoms with Gasteiger partial charge in [-0.2, -0.15) is 4.39 Å². The van der Waals surface area contributed by atoms with Gasteiger partial charge in [0.2, 0.25) is 5.82 Å². The van der Waals surface area contributed by atoms with Gasteiger partial charge >= 0.3 is 11.7 Å². The zero-order valence-corrected chi connectivity index (χ0v) is 26.4. The molecule has 43 heavy (non-hydrogen) atoms. The molecule has 0 unspecified atom stereocenters. The van der Waals surface area contributed by atoms with Gasteiger partial charge in [-0.15, -0.1) is 0 Å². The minimum Gasteiger partial charge on any atom is -0.457 e. The van der Waals surface area contributed by atoms with Crippen LogP contribution in [0.1, 0.15) is 154 Å². The molecule has 9 nitrogen and oxygen atoms in total. The van der Waals surface area contributed by atoms with Crippen molar-refractivity contribution in [2.75, 3.05) is 6.61 Å². The van der Waals surface area contributed by atoms with Crippen LogP contribution < -0.4 is 11.2 Å². The van der Waals surface area contributed by atoms with Gasteiger partial charge in [-0.25, -0.2) is 4.79 Å². The zero-order chi connectivity index (χ0) is 31.3. The number of H-pyrrole nitrogens is 1. The fourth-order valence-corrected chi connectivity index (χ4v) is 5.80. The maximum absolute atomic E-state index is 13.7. The van der Waals surface area contributed by atoms with Crippen LogP contribution in [0, 0.1) is 5.82 Å². The van der Waals surface area contributed by atoms with E-state index in [2.05, 4.69) is 6.92 Å². The summed E-state index contributed by atoms with van der Waals surface area (Å²) in [4.78, 5) is 37.5. The highest BCUT2D eigenvalue weighted by atomic mass is 19.1. The first kappa shape index (κ1) is 37.1. The SMILES string of the molecule is CCCCCCCCCCCCCCCCCCCCCCCC(=O)O[C@H]1[C@@H](O)[C@H](n2cc(F)c(=O)[nH]c2=O)O[C@@H]1CO. The second-order valence-corrected chi connectivity index (χ2v) is 12.2. The van der Waals surface area contributed by atoms with Crippen LogP contribution in [0.4, 0.5) is 4.39 Å². The largest absolute Gasteiger partial charge is 0.457 e. The smallest absolute Gasteiger partial charge is 0.330 e. The Bertz CT molecular complexity index is 998. The van der Waals surface area contributed by atoms with Crippen LogP contribution in [-0.4, -0.2) is 50.7 Å². The molecule has 1 fully saturated rings. The molecule has 0 bridgehead atoms. The molecule has 2 heterocycles. The molecule has 0 aliphatic carbocycles. The normalized spacial score (nSPS) is 20.1. The number of nitrogens with zero attached hydrogens (tertiary/aromatic N) is 1. The van der Waals surface area contributed by atoms with Crippen molar-refractivity contribution < 1.29 is 28.9 Å². The van der Waals surface area contributed by atoms with E-state index in [-0.39, 0.29) is 6.42 Å². The van der Waals surface area contributed by atoms with Crippen molar-refractivity contribution in [1.29, 1.82) is 0 Å². The van der Waals surface area contributed by atoms with Gasteiger partial charge in [0.25, 0.3) is 5.56 Å². The Labute approximate surface area is 256 Å². The Balaban J connectivity index is 1.44. The van der Waals surface area contributed by atoms with Crippen LogP contribution in [0.15, 0.2) is 15.8 Å². The second kappa shape index (κ2) is 22.5. The highest BCUT2D eigenvalue weighted by molar-refractivity contribution is 5.69. The number of halogens is 1. The Morgan fingerprint density at radius 2 is 1.28 bits per heavy atom. The minimum atomic E-state index is -1.52. The lowest BCUT2D eigenvalue weighted by Gasteiger charge is -2.20. The summed E-state index contributed by atoms with van der Waals surface area (Å²) >= 11 is 0. The number of unbranched alkanes of at least 4 members (excludes halogenated alkanes) is 20. The quantitative estimate of drug-likeness (QED) is 0.0855. The number of aliphatic hydroxyl groups is 2. The molecule has 0 saturated carbocycles. The van der Waals surface area contributed by atoms with Crippen LogP contribution in [0.2, 0.25) is 0 Å². The molecule has 0 amide bonds.